The van der Waals surface area contributed by atoms with E-state index in [4.69, 9.17) is 5.73 Å². The molecular weight excluding hydrogens is 432 g/mol. The van der Waals surface area contributed by atoms with E-state index in [1.807, 2.05) is 26.2 Å². The molecule has 34 heavy (non-hydrogen) atoms. The molecule has 2 aromatic rings. The van der Waals surface area contributed by atoms with E-state index in [0.717, 1.165) is 24.1 Å². The molecule has 0 bridgehead atoms. The minimum atomic E-state index is -0.525. The van der Waals surface area contributed by atoms with E-state index in [1.54, 1.807) is 12.3 Å². The van der Waals surface area contributed by atoms with Crippen LogP contribution in [-0.2, 0) is 20.7 Å². The quantitative estimate of drug-likeness (QED) is 0.591. The van der Waals surface area contributed by atoms with Crippen molar-refractivity contribution in [2.24, 2.45) is 5.73 Å². The summed E-state index contributed by atoms with van der Waals surface area (Å²) in [6.45, 7) is 7.16. The Labute approximate surface area is 202 Å². The van der Waals surface area contributed by atoms with Gasteiger partial charge in [-0.05, 0) is 69.2 Å². The number of hydrogen-bond acceptors (Lipinski definition) is 6. The molecule has 8 nitrogen and oxygen atoms in total. The van der Waals surface area contributed by atoms with Gasteiger partial charge >= 0.3 is 5.97 Å². The van der Waals surface area contributed by atoms with Crippen LogP contribution in [0.1, 0.15) is 69.5 Å². The fourth-order valence-corrected chi connectivity index (χ4v) is 4.14. The molecule has 1 aliphatic rings. The van der Waals surface area contributed by atoms with Crippen molar-refractivity contribution in [3.05, 3.63) is 58.3 Å². The zero-order valence-electron chi connectivity index (χ0n) is 20.8. The summed E-state index contributed by atoms with van der Waals surface area (Å²) in [4.78, 5) is 40.7. The fourth-order valence-electron chi connectivity index (χ4n) is 4.14. The molecule has 2 N–H and O–H groups in total. The Morgan fingerprint density at radius 3 is 2.65 bits per heavy atom. The summed E-state index contributed by atoms with van der Waals surface area (Å²) in [6, 6.07) is 5.51. The van der Waals surface area contributed by atoms with Crippen molar-refractivity contribution in [1.82, 2.24) is 9.55 Å². The van der Waals surface area contributed by atoms with E-state index in [1.165, 1.54) is 42.7 Å². The van der Waals surface area contributed by atoms with Gasteiger partial charge in [-0.2, -0.15) is 0 Å². The molecule has 0 aromatic carbocycles. The number of aryl methyl sites for hydroxylation is 2. The molecule has 3 rings (SSSR count). The van der Waals surface area contributed by atoms with Crippen molar-refractivity contribution in [1.29, 1.82) is 0 Å². The molecule has 0 saturated carbocycles. The van der Waals surface area contributed by atoms with Crippen LogP contribution in [0.25, 0.3) is 0 Å². The summed E-state index contributed by atoms with van der Waals surface area (Å²) in [6.07, 6.45) is 11.7. The maximum atomic E-state index is 11.6. The van der Waals surface area contributed by atoms with Crippen LogP contribution in [0.4, 0.5) is 5.69 Å². The molecule has 1 amide bonds. The highest BCUT2D eigenvalue weighted by atomic mass is 16.5. The van der Waals surface area contributed by atoms with E-state index in [-0.39, 0.29) is 11.5 Å². The van der Waals surface area contributed by atoms with Crippen LogP contribution in [0, 0.1) is 6.92 Å². The number of pyridine rings is 2. The number of esters is 1. The summed E-state index contributed by atoms with van der Waals surface area (Å²) >= 11 is 0. The highest BCUT2D eigenvalue weighted by Gasteiger charge is 2.19. The van der Waals surface area contributed by atoms with Gasteiger partial charge in [-0.25, -0.2) is 0 Å². The minimum absolute atomic E-state index is 0.170. The number of carbonyl (C=O) groups excluding carboxylic acids is 2. The van der Waals surface area contributed by atoms with Gasteiger partial charge in [-0.15, -0.1) is 0 Å². The van der Waals surface area contributed by atoms with Crippen LogP contribution >= 0.6 is 0 Å². The topological polar surface area (TPSA) is 108 Å². The van der Waals surface area contributed by atoms with Gasteiger partial charge in [0.2, 0.25) is 5.91 Å². The highest BCUT2D eigenvalue weighted by Crippen LogP contribution is 2.24. The third-order valence-electron chi connectivity index (χ3n) is 6.09. The second-order valence-electron chi connectivity index (χ2n) is 8.82. The number of nitrogens with zero attached hydrogens (tertiary/aromatic N) is 3. The molecule has 2 aromatic heterocycles. The first-order chi connectivity index (χ1) is 16.3. The van der Waals surface area contributed by atoms with E-state index in [9.17, 15) is 14.4 Å². The van der Waals surface area contributed by atoms with E-state index >= 15 is 0 Å². The molecule has 186 valence electrons. The number of piperidine rings is 1. The molecule has 0 radical (unpaired) electrons. The van der Waals surface area contributed by atoms with Crippen LogP contribution in [0.3, 0.4) is 0 Å². The van der Waals surface area contributed by atoms with Crippen molar-refractivity contribution in [3.63, 3.8) is 0 Å². The van der Waals surface area contributed by atoms with Crippen LogP contribution in [0.15, 0.2) is 41.6 Å². The lowest BCUT2D eigenvalue weighted by Gasteiger charge is -2.35. The SMILES string of the molecule is CCCC(C(N)=O)n1ccc(C)cc1=O.COC(=O)CCc1cncc(N2CCCC[C@@H]2C)c1. The van der Waals surface area contributed by atoms with Gasteiger partial charge in [0.1, 0.15) is 6.04 Å². The standard InChI is InChI=1S/C15H22N2O2.C11H16N2O2/c1-12-5-3-4-8-17(12)14-9-13(10-16-11-14)6-7-15(18)19-2;1-3-4-9(11(12)15)13-6-5-8(2)7-10(13)14/h9-12H,3-8H2,1-2H3;5-7,9H,3-4H2,1-2H3,(H2,12,15)/t12-;/m0./s1. The van der Waals surface area contributed by atoms with Crippen molar-refractivity contribution in [3.8, 4) is 0 Å². The monoisotopic (exact) mass is 470 g/mol. The zero-order chi connectivity index (χ0) is 25.1. The minimum Gasteiger partial charge on any atom is -0.469 e. The number of carbonyl (C=O) groups is 2. The highest BCUT2D eigenvalue weighted by molar-refractivity contribution is 5.78. The Balaban J connectivity index is 0.000000248. The normalized spacial score (nSPS) is 16.2. The molecule has 8 heteroatoms. The lowest BCUT2D eigenvalue weighted by Crippen LogP contribution is -2.37. The van der Waals surface area contributed by atoms with Crippen LogP contribution in [0.5, 0.6) is 0 Å². The number of nitrogens with two attached hydrogens (primary N) is 1. The summed E-state index contributed by atoms with van der Waals surface area (Å²) < 4.78 is 6.07. The van der Waals surface area contributed by atoms with Gasteiger partial charge < -0.3 is 19.9 Å². The maximum absolute atomic E-state index is 11.6. The predicted molar refractivity (Wildman–Crippen MR) is 134 cm³/mol. The molecule has 2 atom stereocenters. The van der Waals surface area contributed by atoms with Crippen molar-refractivity contribution >= 4 is 17.6 Å². The molecule has 0 spiro atoms. The van der Waals surface area contributed by atoms with Gasteiger partial charge in [0, 0.05) is 37.5 Å². The number of amides is 1. The number of ether oxygens (including phenoxy) is 1. The van der Waals surface area contributed by atoms with Gasteiger partial charge in [0.15, 0.2) is 0 Å². The second kappa shape index (κ2) is 13.5. The lowest BCUT2D eigenvalue weighted by atomic mass is 10.0. The summed E-state index contributed by atoms with van der Waals surface area (Å²) in [5, 5.41) is 0. The molecule has 0 aliphatic carbocycles. The van der Waals surface area contributed by atoms with E-state index in [2.05, 4.69) is 27.6 Å². The van der Waals surface area contributed by atoms with E-state index < -0.39 is 11.9 Å². The Hall–Kier alpha value is -3.16. The Morgan fingerprint density at radius 1 is 1.26 bits per heavy atom. The van der Waals surface area contributed by atoms with Gasteiger partial charge in [-0.1, -0.05) is 13.3 Å². The van der Waals surface area contributed by atoms with Crippen molar-refractivity contribution in [2.45, 2.75) is 77.8 Å². The second-order valence-corrected chi connectivity index (χ2v) is 8.82. The largest absolute Gasteiger partial charge is 0.469 e. The Kier molecular flexibility index (Phi) is 10.8. The van der Waals surface area contributed by atoms with Gasteiger partial charge in [0.05, 0.1) is 19.0 Å². The Morgan fingerprint density at radius 2 is 2.03 bits per heavy atom. The molecular formula is C26H38N4O4. The number of aromatic nitrogens is 2. The van der Waals surface area contributed by atoms with Gasteiger partial charge in [0.25, 0.3) is 5.56 Å². The zero-order valence-corrected chi connectivity index (χ0v) is 20.8. The third kappa shape index (κ3) is 8.01. The molecule has 1 aliphatic heterocycles. The maximum Gasteiger partial charge on any atom is 0.305 e. The average Bonchev–Trinajstić information content (AvgIpc) is 2.82. The first-order valence-corrected chi connectivity index (χ1v) is 12.0. The number of anilines is 1. The molecule has 1 saturated heterocycles. The number of rotatable bonds is 8. The first kappa shape index (κ1) is 27.1. The molecule has 3 heterocycles. The molecule has 1 fully saturated rings. The predicted octanol–water partition coefficient (Wildman–Crippen LogP) is 3.55. The number of methoxy groups -OCH3 is 1. The fraction of sp³-hybridized carbons (Fsp3) is 0.538. The summed E-state index contributed by atoms with van der Waals surface area (Å²) in [5.41, 5.74) is 8.25. The van der Waals surface area contributed by atoms with Crippen LogP contribution in [-0.4, -0.2) is 41.1 Å². The van der Waals surface area contributed by atoms with Gasteiger partial charge in [-0.3, -0.25) is 19.4 Å². The van der Waals surface area contributed by atoms with Crippen LogP contribution in [0.2, 0.25) is 0 Å². The average molecular weight is 471 g/mol. The van der Waals surface area contributed by atoms with Crippen molar-refractivity contribution in [2.75, 3.05) is 18.6 Å². The number of primary amides is 1. The Bertz CT molecular complexity index is 1000. The van der Waals surface area contributed by atoms with Crippen molar-refractivity contribution < 1.29 is 14.3 Å². The summed E-state index contributed by atoms with van der Waals surface area (Å²) in [7, 11) is 1.42. The lowest BCUT2D eigenvalue weighted by molar-refractivity contribution is -0.140. The van der Waals surface area contributed by atoms with E-state index in [0.29, 0.717) is 25.3 Å². The van der Waals surface area contributed by atoms with Crippen LogP contribution < -0.4 is 16.2 Å². The third-order valence-corrected chi connectivity index (χ3v) is 6.09. The molecule has 1 unspecified atom stereocenters. The number of hydrogen-bond donors (Lipinski definition) is 1. The summed E-state index contributed by atoms with van der Waals surface area (Å²) in [5.74, 6) is -0.625. The smallest absolute Gasteiger partial charge is 0.305 e. The first-order valence-electron chi connectivity index (χ1n) is 12.0.